The van der Waals surface area contributed by atoms with Crippen LogP contribution in [-0.4, -0.2) is 11.7 Å². The van der Waals surface area contributed by atoms with Crippen LogP contribution in [-0.2, 0) is 6.42 Å². The van der Waals surface area contributed by atoms with E-state index in [9.17, 15) is 9.59 Å². The van der Waals surface area contributed by atoms with E-state index in [0.29, 0.717) is 23.2 Å². The summed E-state index contributed by atoms with van der Waals surface area (Å²) < 4.78 is 0.867. The third-order valence-electron chi connectivity index (χ3n) is 4.04. The van der Waals surface area contributed by atoms with Gasteiger partial charge < -0.3 is 5.32 Å². The van der Waals surface area contributed by atoms with Crippen LogP contribution in [0.25, 0.3) is 0 Å². The highest BCUT2D eigenvalue weighted by atomic mass is 127. The van der Waals surface area contributed by atoms with Gasteiger partial charge in [0.1, 0.15) is 0 Å². The number of aryl methyl sites for hydroxylation is 1. The van der Waals surface area contributed by atoms with Crippen molar-refractivity contribution in [1.82, 2.24) is 0 Å². The maximum absolute atomic E-state index is 12.8. The number of carbonyl (C=O) groups is 2. The van der Waals surface area contributed by atoms with Crippen molar-refractivity contribution in [2.24, 2.45) is 0 Å². The molecule has 3 nitrogen and oxygen atoms in total. The Hall–Kier alpha value is -2.47. The lowest BCUT2D eigenvalue weighted by Crippen LogP contribution is -2.16. The van der Waals surface area contributed by atoms with Gasteiger partial charge in [-0.1, -0.05) is 54.1 Å². The SMILES string of the molecule is Cc1cccc(CC(=O)c2ccccc2NC(=O)c2ccccc2I)c1. The first-order chi connectivity index (χ1) is 12.5. The second-order valence-electron chi connectivity index (χ2n) is 6.07. The monoisotopic (exact) mass is 455 g/mol. The van der Waals surface area contributed by atoms with Gasteiger partial charge >= 0.3 is 0 Å². The highest BCUT2D eigenvalue weighted by Gasteiger charge is 2.15. The summed E-state index contributed by atoms with van der Waals surface area (Å²) in [5.41, 5.74) is 3.74. The predicted octanol–water partition coefficient (Wildman–Crippen LogP) is 5.28. The minimum absolute atomic E-state index is 0.0192. The molecule has 0 fully saturated rings. The number of hydrogen-bond donors (Lipinski definition) is 1. The molecule has 1 N–H and O–H groups in total. The highest BCUT2D eigenvalue weighted by molar-refractivity contribution is 14.1. The number of nitrogens with one attached hydrogen (secondary N) is 1. The Labute approximate surface area is 166 Å². The summed E-state index contributed by atoms with van der Waals surface area (Å²) >= 11 is 2.13. The number of amides is 1. The van der Waals surface area contributed by atoms with Crippen molar-refractivity contribution in [3.63, 3.8) is 0 Å². The molecule has 0 radical (unpaired) electrons. The number of Topliss-reactive ketones (excluding diaryl/α,β-unsaturated/α-hetero) is 1. The molecule has 4 heteroatoms. The molecule has 0 aliphatic rings. The van der Waals surface area contributed by atoms with Crippen LogP contribution < -0.4 is 5.32 Å². The van der Waals surface area contributed by atoms with Crippen molar-refractivity contribution in [3.05, 3.63) is 98.6 Å². The molecule has 3 rings (SSSR count). The second kappa shape index (κ2) is 8.27. The fourth-order valence-electron chi connectivity index (χ4n) is 2.77. The van der Waals surface area contributed by atoms with E-state index in [0.717, 1.165) is 14.7 Å². The number of rotatable bonds is 5. The largest absolute Gasteiger partial charge is 0.321 e. The predicted molar refractivity (Wildman–Crippen MR) is 113 cm³/mol. The molecule has 3 aromatic carbocycles. The maximum Gasteiger partial charge on any atom is 0.256 e. The van der Waals surface area contributed by atoms with Crippen LogP contribution >= 0.6 is 22.6 Å². The summed E-state index contributed by atoms with van der Waals surface area (Å²) in [4.78, 5) is 25.4. The number of hydrogen-bond acceptors (Lipinski definition) is 2. The van der Waals surface area contributed by atoms with E-state index in [1.165, 1.54) is 0 Å². The molecule has 0 atom stereocenters. The van der Waals surface area contributed by atoms with E-state index in [1.807, 2.05) is 61.5 Å². The lowest BCUT2D eigenvalue weighted by molar-refractivity contribution is 0.0994. The van der Waals surface area contributed by atoms with E-state index < -0.39 is 0 Å². The summed E-state index contributed by atoms with van der Waals surface area (Å²) in [7, 11) is 0. The van der Waals surface area contributed by atoms with Gasteiger partial charge in [-0.05, 0) is 59.3 Å². The van der Waals surface area contributed by atoms with Crippen LogP contribution in [0, 0.1) is 10.5 Å². The van der Waals surface area contributed by atoms with Gasteiger partial charge in [-0.25, -0.2) is 0 Å². The first-order valence-electron chi connectivity index (χ1n) is 8.28. The number of anilines is 1. The van der Waals surface area contributed by atoms with Gasteiger partial charge in [0.25, 0.3) is 5.91 Å². The minimum atomic E-state index is -0.217. The Bertz CT molecular complexity index is 966. The van der Waals surface area contributed by atoms with Crippen LogP contribution in [0.4, 0.5) is 5.69 Å². The number of halogens is 1. The average Bonchev–Trinajstić information content (AvgIpc) is 2.62. The third-order valence-corrected chi connectivity index (χ3v) is 4.98. The van der Waals surface area contributed by atoms with Gasteiger partial charge in [0.15, 0.2) is 5.78 Å². The van der Waals surface area contributed by atoms with Crippen LogP contribution in [0.5, 0.6) is 0 Å². The van der Waals surface area contributed by atoms with Gasteiger partial charge in [-0.3, -0.25) is 9.59 Å². The molecule has 130 valence electrons. The molecule has 0 saturated heterocycles. The Balaban J connectivity index is 1.83. The molecular formula is C22H18INO2. The van der Waals surface area contributed by atoms with E-state index in [4.69, 9.17) is 0 Å². The highest BCUT2D eigenvalue weighted by Crippen LogP contribution is 2.20. The first-order valence-corrected chi connectivity index (χ1v) is 9.36. The topological polar surface area (TPSA) is 46.2 Å². The van der Waals surface area contributed by atoms with Crippen molar-refractivity contribution >= 4 is 40.0 Å². The number of para-hydroxylation sites is 1. The van der Waals surface area contributed by atoms with Crippen molar-refractivity contribution in [1.29, 1.82) is 0 Å². The van der Waals surface area contributed by atoms with Gasteiger partial charge in [-0.15, -0.1) is 0 Å². The van der Waals surface area contributed by atoms with Crippen LogP contribution in [0.2, 0.25) is 0 Å². The van der Waals surface area contributed by atoms with Crippen LogP contribution in [0.15, 0.2) is 72.8 Å². The summed E-state index contributed by atoms with van der Waals surface area (Å²) in [5, 5.41) is 2.88. The maximum atomic E-state index is 12.8. The van der Waals surface area contributed by atoms with Crippen molar-refractivity contribution in [3.8, 4) is 0 Å². The third kappa shape index (κ3) is 4.38. The van der Waals surface area contributed by atoms with Crippen molar-refractivity contribution in [2.75, 3.05) is 5.32 Å². The fraction of sp³-hybridized carbons (Fsp3) is 0.0909. The summed E-state index contributed by atoms with van der Waals surface area (Å²) in [5.74, 6) is -0.236. The smallest absolute Gasteiger partial charge is 0.256 e. The molecule has 0 saturated carbocycles. The Kier molecular flexibility index (Phi) is 5.83. The number of ketones is 1. The zero-order chi connectivity index (χ0) is 18.5. The summed E-state index contributed by atoms with van der Waals surface area (Å²) in [6.45, 7) is 2.00. The Morgan fingerprint density at radius 3 is 2.31 bits per heavy atom. The van der Waals surface area contributed by atoms with E-state index >= 15 is 0 Å². The van der Waals surface area contributed by atoms with Crippen molar-refractivity contribution in [2.45, 2.75) is 13.3 Å². The Morgan fingerprint density at radius 2 is 1.58 bits per heavy atom. The fourth-order valence-corrected chi connectivity index (χ4v) is 3.41. The molecule has 0 unspecified atom stereocenters. The normalized spacial score (nSPS) is 10.4. The van der Waals surface area contributed by atoms with E-state index in [2.05, 4.69) is 27.9 Å². The van der Waals surface area contributed by atoms with E-state index in [-0.39, 0.29) is 11.7 Å². The van der Waals surface area contributed by atoms with Crippen molar-refractivity contribution < 1.29 is 9.59 Å². The zero-order valence-corrected chi connectivity index (χ0v) is 16.5. The van der Waals surface area contributed by atoms with Gasteiger partial charge in [0.05, 0.1) is 11.3 Å². The Morgan fingerprint density at radius 1 is 0.885 bits per heavy atom. The second-order valence-corrected chi connectivity index (χ2v) is 7.23. The molecule has 1 amide bonds. The molecule has 0 bridgehead atoms. The number of benzene rings is 3. The molecule has 0 aliphatic carbocycles. The standard InChI is InChI=1S/C22H18INO2/c1-15-7-6-8-16(13-15)14-21(25)18-10-3-5-12-20(18)24-22(26)17-9-2-4-11-19(17)23/h2-13H,14H2,1H3,(H,24,26). The quantitative estimate of drug-likeness (QED) is 0.421. The summed E-state index contributed by atoms with van der Waals surface area (Å²) in [6.07, 6.45) is 0.303. The lowest BCUT2D eigenvalue weighted by Gasteiger charge is -2.11. The molecule has 0 aliphatic heterocycles. The van der Waals surface area contributed by atoms with Gasteiger partial charge in [0, 0.05) is 15.6 Å². The molecule has 0 spiro atoms. The molecule has 0 aromatic heterocycles. The lowest BCUT2D eigenvalue weighted by atomic mass is 10.00. The molecule has 3 aromatic rings. The van der Waals surface area contributed by atoms with E-state index in [1.54, 1.807) is 18.2 Å². The van der Waals surface area contributed by atoms with Crippen LogP contribution in [0.1, 0.15) is 31.8 Å². The molecule has 0 heterocycles. The molecular weight excluding hydrogens is 437 g/mol. The van der Waals surface area contributed by atoms with Crippen LogP contribution in [0.3, 0.4) is 0 Å². The average molecular weight is 455 g/mol. The van der Waals surface area contributed by atoms with Gasteiger partial charge in [-0.2, -0.15) is 0 Å². The minimum Gasteiger partial charge on any atom is -0.321 e. The van der Waals surface area contributed by atoms with Gasteiger partial charge in [0.2, 0.25) is 0 Å². The zero-order valence-electron chi connectivity index (χ0n) is 14.3. The summed E-state index contributed by atoms with van der Waals surface area (Å²) in [6, 6.07) is 22.4. The first kappa shape index (κ1) is 18.3. The number of carbonyl (C=O) groups excluding carboxylic acids is 2. The molecule has 26 heavy (non-hydrogen) atoms.